The van der Waals surface area contributed by atoms with Crippen LogP contribution in [0.15, 0.2) is 42.5 Å². The monoisotopic (exact) mass is 249 g/mol. The predicted octanol–water partition coefficient (Wildman–Crippen LogP) is 2.24. The topological polar surface area (TPSA) is 58.6 Å². The lowest BCUT2D eigenvalue weighted by Crippen LogP contribution is -2.37. The van der Waals surface area contributed by atoms with Gasteiger partial charge in [0.05, 0.1) is 12.6 Å². The number of hydrogen-bond donors (Lipinski definition) is 2. The van der Waals surface area contributed by atoms with E-state index in [1.807, 2.05) is 37.3 Å². The number of rotatable bonds is 6. The number of amides is 1. The summed E-state index contributed by atoms with van der Waals surface area (Å²) in [5.41, 5.74) is 1.82. The van der Waals surface area contributed by atoms with Gasteiger partial charge in [-0.3, -0.25) is 0 Å². The highest BCUT2D eigenvalue weighted by molar-refractivity contribution is 5.67. The van der Waals surface area contributed by atoms with Crippen molar-refractivity contribution in [2.75, 3.05) is 6.61 Å². The molecule has 1 aromatic carbocycles. The van der Waals surface area contributed by atoms with Crippen molar-refractivity contribution in [2.24, 2.45) is 0 Å². The summed E-state index contributed by atoms with van der Waals surface area (Å²) in [6.07, 6.45) is 0.0101. The zero-order valence-electron chi connectivity index (χ0n) is 10.6. The van der Waals surface area contributed by atoms with Crippen LogP contribution in [0.2, 0.25) is 0 Å². The van der Waals surface area contributed by atoms with E-state index in [2.05, 4.69) is 11.9 Å². The van der Waals surface area contributed by atoms with Crippen molar-refractivity contribution in [1.29, 1.82) is 0 Å². The maximum absolute atomic E-state index is 11.5. The van der Waals surface area contributed by atoms with E-state index in [1.54, 1.807) is 0 Å². The van der Waals surface area contributed by atoms with Crippen molar-refractivity contribution in [1.82, 2.24) is 5.32 Å². The second-order valence-corrected chi connectivity index (χ2v) is 4.25. The number of hydrogen-bond acceptors (Lipinski definition) is 3. The first-order valence-electron chi connectivity index (χ1n) is 5.84. The normalized spacial score (nSPS) is 11.7. The third kappa shape index (κ3) is 5.50. The molecule has 0 aliphatic heterocycles. The lowest BCUT2D eigenvalue weighted by Gasteiger charge is -2.16. The van der Waals surface area contributed by atoms with Gasteiger partial charge in [0, 0.05) is 0 Å². The average molecular weight is 249 g/mol. The first-order chi connectivity index (χ1) is 8.61. The Hall–Kier alpha value is -1.81. The maximum Gasteiger partial charge on any atom is 0.407 e. The Morgan fingerprint density at radius 1 is 1.44 bits per heavy atom. The van der Waals surface area contributed by atoms with Crippen molar-refractivity contribution in [3.63, 3.8) is 0 Å². The lowest BCUT2D eigenvalue weighted by molar-refractivity contribution is 0.129. The molecule has 18 heavy (non-hydrogen) atoms. The fraction of sp³-hybridized carbons (Fsp3) is 0.357. The number of alkyl carbamates (subject to hydrolysis) is 1. The molecule has 0 spiro atoms. The van der Waals surface area contributed by atoms with Crippen molar-refractivity contribution >= 4 is 6.09 Å². The highest BCUT2D eigenvalue weighted by Crippen LogP contribution is 2.03. The molecule has 0 aromatic heterocycles. The Kier molecular flexibility index (Phi) is 5.94. The number of benzene rings is 1. The number of carbonyl (C=O) groups is 1. The second kappa shape index (κ2) is 7.50. The summed E-state index contributed by atoms with van der Waals surface area (Å²) in [6, 6.07) is 9.08. The molecule has 0 aliphatic rings. The SMILES string of the molecule is C=C(C)C[C@@H](CO)NC(=O)OCc1ccccc1. The van der Waals surface area contributed by atoms with E-state index in [9.17, 15) is 4.79 Å². The summed E-state index contributed by atoms with van der Waals surface area (Å²) in [4.78, 5) is 11.5. The van der Waals surface area contributed by atoms with E-state index in [0.29, 0.717) is 6.42 Å². The summed E-state index contributed by atoms with van der Waals surface area (Å²) in [5.74, 6) is 0. The van der Waals surface area contributed by atoms with Gasteiger partial charge in [-0.2, -0.15) is 0 Å². The first-order valence-corrected chi connectivity index (χ1v) is 5.84. The van der Waals surface area contributed by atoms with Crippen LogP contribution in [0.25, 0.3) is 0 Å². The zero-order chi connectivity index (χ0) is 13.4. The molecular formula is C14H19NO3. The van der Waals surface area contributed by atoms with Crippen molar-refractivity contribution in [3.05, 3.63) is 48.0 Å². The molecule has 0 bridgehead atoms. The van der Waals surface area contributed by atoms with Gasteiger partial charge in [-0.05, 0) is 18.9 Å². The van der Waals surface area contributed by atoms with Crippen molar-refractivity contribution < 1.29 is 14.6 Å². The van der Waals surface area contributed by atoms with Gasteiger partial charge in [-0.15, -0.1) is 6.58 Å². The molecule has 0 saturated carbocycles. The van der Waals surface area contributed by atoms with Crippen LogP contribution in [-0.4, -0.2) is 23.8 Å². The van der Waals surface area contributed by atoms with Gasteiger partial charge in [0.15, 0.2) is 0 Å². The maximum atomic E-state index is 11.5. The number of aliphatic hydroxyl groups excluding tert-OH is 1. The molecule has 0 heterocycles. The molecule has 2 N–H and O–H groups in total. The molecule has 1 rings (SSSR count). The average Bonchev–Trinajstić information content (AvgIpc) is 2.36. The van der Waals surface area contributed by atoms with Gasteiger partial charge in [0.2, 0.25) is 0 Å². The molecule has 0 radical (unpaired) electrons. The van der Waals surface area contributed by atoms with Crippen LogP contribution in [0, 0.1) is 0 Å². The van der Waals surface area contributed by atoms with Crippen LogP contribution >= 0.6 is 0 Å². The van der Waals surface area contributed by atoms with E-state index in [4.69, 9.17) is 9.84 Å². The van der Waals surface area contributed by atoms with E-state index < -0.39 is 6.09 Å². The smallest absolute Gasteiger partial charge is 0.407 e. The van der Waals surface area contributed by atoms with Gasteiger partial charge in [0.25, 0.3) is 0 Å². The minimum absolute atomic E-state index is 0.132. The predicted molar refractivity (Wildman–Crippen MR) is 70.1 cm³/mol. The Balaban J connectivity index is 2.34. The van der Waals surface area contributed by atoms with Gasteiger partial charge in [-0.25, -0.2) is 4.79 Å². The third-order valence-corrected chi connectivity index (χ3v) is 2.35. The zero-order valence-corrected chi connectivity index (χ0v) is 10.6. The van der Waals surface area contributed by atoms with E-state index in [1.165, 1.54) is 0 Å². The lowest BCUT2D eigenvalue weighted by atomic mass is 10.1. The highest BCUT2D eigenvalue weighted by Gasteiger charge is 2.12. The Morgan fingerprint density at radius 2 is 2.11 bits per heavy atom. The van der Waals surface area contributed by atoms with Gasteiger partial charge >= 0.3 is 6.09 Å². The van der Waals surface area contributed by atoms with Crippen LogP contribution in [0.3, 0.4) is 0 Å². The number of carbonyl (C=O) groups excluding carboxylic acids is 1. The van der Waals surface area contributed by atoms with Crippen LogP contribution in [-0.2, 0) is 11.3 Å². The second-order valence-electron chi connectivity index (χ2n) is 4.25. The van der Waals surface area contributed by atoms with Gasteiger partial charge < -0.3 is 15.2 Å². The standard InChI is InChI=1S/C14H19NO3/c1-11(2)8-13(9-16)15-14(17)18-10-12-6-4-3-5-7-12/h3-7,13,16H,1,8-10H2,2H3,(H,15,17)/t13-/m0/s1. The largest absolute Gasteiger partial charge is 0.445 e. The van der Waals surface area contributed by atoms with E-state index in [0.717, 1.165) is 11.1 Å². The molecule has 4 nitrogen and oxygen atoms in total. The summed E-state index contributed by atoms with van der Waals surface area (Å²) in [5, 5.41) is 11.7. The fourth-order valence-corrected chi connectivity index (χ4v) is 1.51. The molecule has 0 unspecified atom stereocenters. The van der Waals surface area contributed by atoms with Gasteiger partial charge in [0.1, 0.15) is 6.61 Å². The Morgan fingerprint density at radius 3 is 2.67 bits per heavy atom. The number of nitrogens with one attached hydrogen (secondary N) is 1. The fourth-order valence-electron chi connectivity index (χ4n) is 1.51. The van der Waals surface area contributed by atoms with E-state index in [-0.39, 0.29) is 19.3 Å². The number of aliphatic hydroxyl groups is 1. The Labute approximate surface area is 107 Å². The van der Waals surface area contributed by atoms with Gasteiger partial charge in [-0.1, -0.05) is 35.9 Å². The third-order valence-electron chi connectivity index (χ3n) is 2.35. The molecule has 98 valence electrons. The number of ether oxygens (including phenoxy) is 1. The summed E-state index contributed by atoms with van der Waals surface area (Å²) in [6.45, 7) is 5.68. The van der Waals surface area contributed by atoms with Crippen LogP contribution in [0.5, 0.6) is 0 Å². The minimum Gasteiger partial charge on any atom is -0.445 e. The van der Waals surface area contributed by atoms with Crippen LogP contribution in [0.1, 0.15) is 18.9 Å². The summed E-state index contributed by atoms with van der Waals surface area (Å²) in [7, 11) is 0. The van der Waals surface area contributed by atoms with Crippen LogP contribution in [0.4, 0.5) is 4.79 Å². The first kappa shape index (κ1) is 14.3. The molecule has 4 heteroatoms. The molecular weight excluding hydrogens is 230 g/mol. The van der Waals surface area contributed by atoms with Crippen molar-refractivity contribution in [3.8, 4) is 0 Å². The van der Waals surface area contributed by atoms with E-state index >= 15 is 0 Å². The molecule has 1 atom stereocenters. The highest BCUT2D eigenvalue weighted by atomic mass is 16.5. The summed E-state index contributed by atoms with van der Waals surface area (Å²) < 4.78 is 5.05. The molecule has 1 amide bonds. The Bertz CT molecular complexity index is 389. The molecule has 0 aliphatic carbocycles. The summed E-state index contributed by atoms with van der Waals surface area (Å²) >= 11 is 0. The van der Waals surface area contributed by atoms with Crippen molar-refractivity contribution in [2.45, 2.75) is 26.0 Å². The molecule has 0 saturated heterocycles. The minimum atomic E-state index is -0.529. The molecule has 0 fully saturated rings. The molecule has 1 aromatic rings. The van der Waals surface area contributed by atoms with Crippen LogP contribution < -0.4 is 5.32 Å². The quantitative estimate of drug-likeness (QED) is 0.760.